The number of halogens is 1. The molecule has 4 nitrogen and oxygen atoms in total. The number of carbonyl (C=O) groups excluding carboxylic acids is 1. The molecule has 0 fully saturated rings. The van der Waals surface area contributed by atoms with E-state index in [-0.39, 0.29) is 11.5 Å². The smallest absolute Gasteiger partial charge is 0.255 e. The molecule has 1 amide bonds. The molecule has 0 saturated heterocycles. The first-order valence-corrected chi connectivity index (χ1v) is 5.28. The predicted octanol–water partition coefficient (Wildman–Crippen LogP) is 2.28. The van der Waals surface area contributed by atoms with Crippen molar-refractivity contribution < 1.29 is 4.79 Å². The fraction of sp³-hybridized carbons (Fsp3) is 0. The fourth-order valence-electron chi connectivity index (χ4n) is 1.32. The van der Waals surface area contributed by atoms with E-state index in [1.165, 1.54) is 18.3 Å². The van der Waals surface area contributed by atoms with Gasteiger partial charge < -0.3 is 10.3 Å². The lowest BCUT2D eigenvalue weighted by Gasteiger charge is -2.04. The molecule has 0 radical (unpaired) electrons. The van der Waals surface area contributed by atoms with Gasteiger partial charge in [-0.3, -0.25) is 9.59 Å². The third kappa shape index (κ3) is 2.95. The SMILES string of the molecule is O=C(Nc1ccc(Cl)cc1)c1cc[nH]c(=O)c1. The second-order valence-electron chi connectivity index (χ2n) is 3.40. The summed E-state index contributed by atoms with van der Waals surface area (Å²) in [5.41, 5.74) is 0.622. The summed E-state index contributed by atoms with van der Waals surface area (Å²) in [5, 5.41) is 3.26. The maximum absolute atomic E-state index is 11.8. The highest BCUT2D eigenvalue weighted by atomic mass is 35.5. The molecule has 0 aliphatic carbocycles. The Morgan fingerprint density at radius 1 is 1.18 bits per heavy atom. The number of benzene rings is 1. The zero-order chi connectivity index (χ0) is 12.3. The molecule has 0 atom stereocenters. The van der Waals surface area contributed by atoms with E-state index in [2.05, 4.69) is 10.3 Å². The van der Waals surface area contributed by atoms with Crippen molar-refractivity contribution >= 4 is 23.2 Å². The van der Waals surface area contributed by atoms with Gasteiger partial charge in [-0.2, -0.15) is 0 Å². The molecule has 1 aromatic heterocycles. The first kappa shape index (κ1) is 11.4. The summed E-state index contributed by atoms with van der Waals surface area (Å²) in [7, 11) is 0. The molecule has 2 rings (SSSR count). The highest BCUT2D eigenvalue weighted by Crippen LogP contribution is 2.14. The number of anilines is 1. The van der Waals surface area contributed by atoms with Gasteiger partial charge in [0.25, 0.3) is 5.91 Å². The topological polar surface area (TPSA) is 62.0 Å². The summed E-state index contributed by atoms with van der Waals surface area (Å²) in [6.07, 6.45) is 1.43. The Labute approximate surface area is 102 Å². The van der Waals surface area contributed by atoms with E-state index in [1.54, 1.807) is 24.3 Å². The van der Waals surface area contributed by atoms with Crippen LogP contribution in [0, 0.1) is 0 Å². The number of amides is 1. The zero-order valence-corrected chi connectivity index (χ0v) is 9.49. The minimum atomic E-state index is -0.335. The Morgan fingerprint density at radius 3 is 2.53 bits per heavy atom. The molecule has 5 heteroatoms. The lowest BCUT2D eigenvalue weighted by molar-refractivity contribution is 0.102. The summed E-state index contributed by atoms with van der Waals surface area (Å²) >= 11 is 5.73. The van der Waals surface area contributed by atoms with Crippen molar-refractivity contribution in [3.05, 3.63) is 63.5 Å². The minimum Gasteiger partial charge on any atom is -0.329 e. The van der Waals surface area contributed by atoms with E-state index < -0.39 is 0 Å². The van der Waals surface area contributed by atoms with Crippen LogP contribution in [-0.4, -0.2) is 10.9 Å². The van der Waals surface area contributed by atoms with Gasteiger partial charge in [0.2, 0.25) is 5.56 Å². The van der Waals surface area contributed by atoms with Gasteiger partial charge in [-0.05, 0) is 30.3 Å². The van der Waals surface area contributed by atoms with E-state index in [1.807, 2.05) is 0 Å². The van der Waals surface area contributed by atoms with E-state index in [9.17, 15) is 9.59 Å². The molecule has 2 N–H and O–H groups in total. The van der Waals surface area contributed by atoms with Gasteiger partial charge in [-0.25, -0.2) is 0 Å². The van der Waals surface area contributed by atoms with Crippen LogP contribution in [0.3, 0.4) is 0 Å². The van der Waals surface area contributed by atoms with E-state index >= 15 is 0 Å². The number of aromatic nitrogens is 1. The number of hydrogen-bond acceptors (Lipinski definition) is 2. The normalized spacial score (nSPS) is 9.94. The maximum atomic E-state index is 11.8. The van der Waals surface area contributed by atoms with Crippen LogP contribution < -0.4 is 10.9 Å². The summed E-state index contributed by atoms with van der Waals surface area (Å²) in [5.74, 6) is -0.335. The van der Waals surface area contributed by atoms with E-state index in [0.29, 0.717) is 16.3 Å². The van der Waals surface area contributed by atoms with E-state index in [0.717, 1.165) is 0 Å². The highest BCUT2D eigenvalue weighted by molar-refractivity contribution is 6.30. The van der Waals surface area contributed by atoms with Crippen molar-refractivity contribution in [3.63, 3.8) is 0 Å². The third-order valence-electron chi connectivity index (χ3n) is 2.14. The first-order chi connectivity index (χ1) is 8.15. The molecule has 0 aliphatic rings. The Balaban J connectivity index is 2.17. The average Bonchev–Trinajstić information content (AvgIpc) is 2.32. The molecule has 1 heterocycles. The Hall–Kier alpha value is -2.07. The Bertz CT molecular complexity index is 590. The number of hydrogen-bond donors (Lipinski definition) is 2. The van der Waals surface area contributed by atoms with Crippen molar-refractivity contribution in [2.45, 2.75) is 0 Å². The lowest BCUT2D eigenvalue weighted by Crippen LogP contribution is -2.15. The Kier molecular flexibility index (Phi) is 3.25. The van der Waals surface area contributed by atoms with Crippen molar-refractivity contribution in [3.8, 4) is 0 Å². The molecule has 2 aromatic rings. The van der Waals surface area contributed by atoms with Crippen LogP contribution in [0.5, 0.6) is 0 Å². The second-order valence-corrected chi connectivity index (χ2v) is 3.84. The van der Waals surface area contributed by atoms with Crippen molar-refractivity contribution in [2.75, 3.05) is 5.32 Å². The molecule has 0 unspecified atom stereocenters. The zero-order valence-electron chi connectivity index (χ0n) is 8.74. The molecule has 0 spiro atoms. The lowest BCUT2D eigenvalue weighted by atomic mass is 10.2. The first-order valence-electron chi connectivity index (χ1n) is 4.91. The molecule has 0 bridgehead atoms. The van der Waals surface area contributed by atoms with Crippen molar-refractivity contribution in [1.29, 1.82) is 0 Å². The van der Waals surface area contributed by atoms with Gasteiger partial charge in [0.1, 0.15) is 0 Å². The molecular formula is C12H9ClN2O2. The summed E-state index contributed by atoms with van der Waals surface area (Å²) < 4.78 is 0. The van der Waals surface area contributed by atoms with Gasteiger partial charge in [-0.1, -0.05) is 11.6 Å². The monoisotopic (exact) mass is 248 g/mol. The Morgan fingerprint density at radius 2 is 1.88 bits per heavy atom. The maximum Gasteiger partial charge on any atom is 0.255 e. The molecule has 0 saturated carbocycles. The molecule has 17 heavy (non-hydrogen) atoms. The van der Waals surface area contributed by atoms with Crippen molar-refractivity contribution in [1.82, 2.24) is 4.98 Å². The highest BCUT2D eigenvalue weighted by Gasteiger charge is 2.05. The van der Waals surface area contributed by atoms with Crippen LogP contribution in [0.25, 0.3) is 0 Å². The third-order valence-corrected chi connectivity index (χ3v) is 2.39. The second kappa shape index (κ2) is 4.84. The summed E-state index contributed by atoms with van der Waals surface area (Å²) in [4.78, 5) is 25.2. The van der Waals surface area contributed by atoms with Crippen LogP contribution in [0.2, 0.25) is 5.02 Å². The van der Waals surface area contributed by atoms with Gasteiger partial charge in [0.05, 0.1) is 0 Å². The van der Waals surface area contributed by atoms with E-state index in [4.69, 9.17) is 11.6 Å². The minimum absolute atomic E-state index is 0.309. The number of aromatic amines is 1. The van der Waals surface area contributed by atoms with Gasteiger partial charge in [0, 0.05) is 28.5 Å². The number of H-pyrrole nitrogens is 1. The van der Waals surface area contributed by atoms with Crippen LogP contribution in [0.15, 0.2) is 47.4 Å². The number of carbonyl (C=O) groups is 1. The largest absolute Gasteiger partial charge is 0.329 e. The van der Waals surface area contributed by atoms with Gasteiger partial charge >= 0.3 is 0 Å². The van der Waals surface area contributed by atoms with Crippen LogP contribution in [0.4, 0.5) is 5.69 Å². The fourth-order valence-corrected chi connectivity index (χ4v) is 1.45. The quantitative estimate of drug-likeness (QED) is 0.857. The molecular weight excluding hydrogens is 240 g/mol. The van der Waals surface area contributed by atoms with Gasteiger partial charge in [-0.15, -0.1) is 0 Å². The number of pyridine rings is 1. The average molecular weight is 249 g/mol. The van der Waals surface area contributed by atoms with Crippen LogP contribution in [-0.2, 0) is 0 Å². The molecule has 1 aromatic carbocycles. The standard InChI is InChI=1S/C12H9ClN2O2/c13-9-1-3-10(4-2-9)15-12(17)8-5-6-14-11(16)7-8/h1-7H,(H,14,16)(H,15,17). The number of nitrogens with one attached hydrogen (secondary N) is 2. The number of rotatable bonds is 2. The van der Waals surface area contributed by atoms with Gasteiger partial charge in [0.15, 0.2) is 0 Å². The van der Waals surface area contributed by atoms with Crippen LogP contribution in [0.1, 0.15) is 10.4 Å². The summed E-state index contributed by atoms with van der Waals surface area (Å²) in [6.45, 7) is 0. The van der Waals surface area contributed by atoms with Crippen LogP contribution >= 0.6 is 11.6 Å². The molecule has 0 aliphatic heterocycles. The molecule has 86 valence electrons. The predicted molar refractivity (Wildman–Crippen MR) is 66.5 cm³/mol. The summed E-state index contributed by atoms with van der Waals surface area (Å²) in [6, 6.07) is 9.50. The van der Waals surface area contributed by atoms with Crippen molar-refractivity contribution in [2.24, 2.45) is 0 Å².